The molecule has 64 valence electrons. The van der Waals surface area contributed by atoms with Crippen LogP contribution < -0.4 is 29.4 Å². The van der Waals surface area contributed by atoms with Crippen LogP contribution in [0.3, 0.4) is 0 Å². The molecule has 0 amide bonds. The van der Waals surface area contributed by atoms with Crippen LogP contribution in [0.5, 0.6) is 0 Å². The molecule has 0 saturated carbocycles. The van der Waals surface area contributed by atoms with Gasteiger partial charge in [0, 0.05) is 0 Å². The maximum atomic E-state index is 8.55. The van der Waals surface area contributed by atoms with E-state index < -0.39 is 15.6 Å². The number of hydrogen-bond acceptors (Lipinski definition) is 8. The maximum absolute atomic E-state index is 8.55. The molecule has 0 aromatic carbocycles. The normalized spacial score (nSPS) is 9.08. The van der Waals surface area contributed by atoms with Crippen molar-refractivity contribution in [2.75, 3.05) is 0 Å². The predicted octanol–water partition coefficient (Wildman–Crippen LogP) is -5.65. The second-order valence-corrected chi connectivity index (χ2v) is 2.68. The zero-order valence-corrected chi connectivity index (χ0v) is 25.5. The van der Waals surface area contributed by atoms with Gasteiger partial charge in [0.1, 0.15) is 0 Å². The van der Waals surface area contributed by atoms with Gasteiger partial charge in [-0.1, -0.05) is 0 Å². The molecule has 0 aliphatic heterocycles. The van der Waals surface area contributed by atoms with E-state index in [1.807, 2.05) is 0 Å². The molecule has 0 aliphatic rings. The third-order valence-electron chi connectivity index (χ3n) is 0. The molecule has 0 aromatic rings. The third kappa shape index (κ3) is 166. The number of phosphoric acid groups is 2. The molecule has 0 radical (unpaired) electrons. The van der Waals surface area contributed by atoms with Crippen LogP contribution in [0.1, 0.15) is 0 Å². The van der Waals surface area contributed by atoms with Crippen molar-refractivity contribution >= 4 is 15.6 Å². The largest absolute Gasteiger partial charge is 2.00 e. The van der Waals surface area contributed by atoms with Gasteiger partial charge in [0.25, 0.3) is 0 Å². The zero-order chi connectivity index (χ0) is 9.00. The van der Waals surface area contributed by atoms with Crippen molar-refractivity contribution < 1.29 is 174 Å². The van der Waals surface area contributed by atoms with E-state index in [2.05, 4.69) is 0 Å². The van der Waals surface area contributed by atoms with Crippen LogP contribution in [-0.4, -0.2) is 0 Å². The molecule has 8 nitrogen and oxygen atoms in total. The van der Waals surface area contributed by atoms with Gasteiger partial charge in [0.05, 0.1) is 0 Å². The molecule has 0 unspecified atom stereocenters. The van der Waals surface area contributed by atoms with Crippen molar-refractivity contribution in [3.63, 3.8) is 0 Å². The molecule has 13 heavy (non-hydrogen) atoms. The van der Waals surface area contributed by atoms with Crippen molar-refractivity contribution in [3.8, 4) is 0 Å². The van der Waals surface area contributed by atoms with E-state index >= 15 is 0 Å². The van der Waals surface area contributed by atoms with E-state index in [0.29, 0.717) is 0 Å². The summed E-state index contributed by atoms with van der Waals surface area (Å²) in [6.45, 7) is 0. The van der Waals surface area contributed by atoms with Gasteiger partial charge in [-0.05, 0) is 0 Å². The van der Waals surface area contributed by atoms with Gasteiger partial charge in [-0.3, -0.25) is 0 Å². The van der Waals surface area contributed by atoms with Crippen LogP contribution in [0, 0.1) is 135 Å². The van der Waals surface area contributed by atoms with Gasteiger partial charge in [-0.25, -0.2) is 0 Å². The predicted molar refractivity (Wildman–Crippen MR) is 15.2 cm³/mol. The van der Waals surface area contributed by atoms with Crippen molar-refractivity contribution in [1.82, 2.24) is 0 Å². The summed E-state index contributed by atoms with van der Waals surface area (Å²) in [7, 11) is -10.8. The van der Waals surface area contributed by atoms with Gasteiger partial charge in [-0.15, -0.1) is 0 Å². The standard InChI is InChI=1S/2H3O4P.3Ra/c2*1-5(2,3)4;;;/h2*(H3,1,2,3,4);;;/q;;3*+2/p-6. The first kappa shape index (κ1) is 30.6. The molecule has 0 aromatic heterocycles. The minimum Gasteiger partial charge on any atom is -0.822 e. The minimum absolute atomic E-state index is 0. The molecule has 0 fully saturated rings. The molecular weight excluding hydrogens is 868 g/mol. The molecule has 0 heterocycles. The van der Waals surface area contributed by atoms with Crippen LogP contribution in [0.15, 0.2) is 0 Å². The summed E-state index contributed by atoms with van der Waals surface area (Å²) in [5, 5.41) is 0. The van der Waals surface area contributed by atoms with E-state index in [4.69, 9.17) is 38.5 Å². The number of hydrogen-bond donors (Lipinski definition) is 0. The van der Waals surface area contributed by atoms with E-state index in [-0.39, 0.29) is 135 Å². The first-order valence-electron chi connectivity index (χ1n) is 1.46. The Bertz CT molecular complexity index is 130. The topological polar surface area (TPSA) is 172 Å². The SMILES string of the molecule is O=P([O-])([O-])[O-].O=P([O-])([O-])[O-].[Ra+2].[Ra+2].[Ra+2]. The van der Waals surface area contributed by atoms with Crippen LogP contribution >= 0.6 is 15.6 Å². The van der Waals surface area contributed by atoms with Crippen molar-refractivity contribution in [1.29, 1.82) is 0 Å². The molecular formula is O8P2Ra3. The monoisotopic (exact) mass is 868 g/mol. The Hall–Kier alpha value is 4.62. The smallest absolute Gasteiger partial charge is 0.822 e. The summed E-state index contributed by atoms with van der Waals surface area (Å²) in [4.78, 5) is 51.3. The van der Waals surface area contributed by atoms with Crippen LogP contribution in [0.25, 0.3) is 0 Å². The summed E-state index contributed by atoms with van der Waals surface area (Å²) >= 11 is 0. The van der Waals surface area contributed by atoms with Gasteiger partial charge < -0.3 is 38.5 Å². The Labute approximate surface area is 184 Å². The van der Waals surface area contributed by atoms with E-state index in [1.54, 1.807) is 0 Å². The van der Waals surface area contributed by atoms with E-state index in [1.165, 1.54) is 0 Å². The van der Waals surface area contributed by atoms with Gasteiger partial charge in [-0.2, -0.15) is 15.6 Å². The average molecular weight is 868 g/mol. The first-order chi connectivity index (χ1) is 4.00. The molecule has 0 aliphatic carbocycles. The quantitative estimate of drug-likeness (QED) is 0.217. The van der Waals surface area contributed by atoms with Crippen LogP contribution in [0.2, 0.25) is 0 Å². The fraction of sp³-hybridized carbons (Fsp3) is 0. The fourth-order valence-electron chi connectivity index (χ4n) is 0. The Morgan fingerprint density at radius 3 is 0.538 bits per heavy atom. The summed E-state index contributed by atoms with van der Waals surface area (Å²) in [5.74, 6) is 0. The van der Waals surface area contributed by atoms with Crippen LogP contribution in [0.4, 0.5) is 0 Å². The van der Waals surface area contributed by atoms with Crippen LogP contribution in [-0.2, 0) is 9.13 Å². The Morgan fingerprint density at radius 1 is 0.538 bits per heavy atom. The van der Waals surface area contributed by atoms with Crippen molar-refractivity contribution in [3.05, 3.63) is 0 Å². The summed E-state index contributed by atoms with van der Waals surface area (Å²) in [5.41, 5.74) is 0. The summed E-state index contributed by atoms with van der Waals surface area (Å²) < 4.78 is 17.1. The molecule has 0 atom stereocenters. The molecule has 0 rings (SSSR count). The van der Waals surface area contributed by atoms with Gasteiger partial charge in [0.2, 0.25) is 0 Å². The molecule has 0 bridgehead atoms. The second-order valence-electron chi connectivity index (χ2n) is 0.894. The van der Waals surface area contributed by atoms with Crippen molar-refractivity contribution in [2.45, 2.75) is 0 Å². The summed E-state index contributed by atoms with van der Waals surface area (Å²) in [6, 6.07) is 0. The molecule has 13 heteroatoms. The van der Waals surface area contributed by atoms with Crippen molar-refractivity contribution in [2.24, 2.45) is 0 Å². The minimum atomic E-state index is -5.39. The fourth-order valence-corrected chi connectivity index (χ4v) is 0. The third-order valence-corrected chi connectivity index (χ3v) is 0. The first-order valence-corrected chi connectivity index (χ1v) is 4.38. The van der Waals surface area contributed by atoms with E-state index in [0.717, 1.165) is 0 Å². The van der Waals surface area contributed by atoms with Gasteiger partial charge in [0.15, 0.2) is 0 Å². The van der Waals surface area contributed by atoms with E-state index in [9.17, 15) is 0 Å². The van der Waals surface area contributed by atoms with Gasteiger partial charge >= 0.3 is 135 Å². The molecule has 0 N–H and O–H groups in total. The Balaban J connectivity index is -0.0000000267. The summed E-state index contributed by atoms with van der Waals surface area (Å²) in [6.07, 6.45) is 0. The number of rotatable bonds is 0. The second kappa shape index (κ2) is 14.7. The molecule has 0 spiro atoms. The maximum Gasteiger partial charge on any atom is 2.00 e. The molecule has 0 saturated heterocycles. The average Bonchev–Trinajstić information content (AvgIpc) is 1.12. The zero-order valence-electron chi connectivity index (χ0n) is 6.28. The Kier molecular flexibility index (Phi) is 34.5. The Morgan fingerprint density at radius 2 is 0.538 bits per heavy atom.